The van der Waals surface area contributed by atoms with E-state index >= 15 is 0 Å². The Morgan fingerprint density at radius 2 is 1.56 bits per heavy atom. The number of carbonyl (C=O) groups excluding carboxylic acids is 3. The van der Waals surface area contributed by atoms with Gasteiger partial charge in [-0.05, 0) is 50.3 Å². The number of halogens is 2. The summed E-state index contributed by atoms with van der Waals surface area (Å²) in [5.41, 5.74) is -0.747. The third-order valence-corrected chi connectivity index (χ3v) is 8.03. The number of carbonyl (C=O) groups is 3. The summed E-state index contributed by atoms with van der Waals surface area (Å²) >= 11 is 12.2. The first kappa shape index (κ1) is 23.4. The largest absolute Gasteiger partial charge is 0.335 e. The molecule has 1 N–H and O–H groups in total. The van der Waals surface area contributed by atoms with Crippen LogP contribution < -0.4 is 5.32 Å². The fraction of sp³-hybridized carbons (Fsp3) is 0.625. The molecule has 4 amide bonds. The summed E-state index contributed by atoms with van der Waals surface area (Å²) in [4.78, 5) is 42.8. The minimum atomic E-state index is -1.29. The Hall–Kier alpha value is -1.79. The van der Waals surface area contributed by atoms with Crippen LogP contribution in [-0.4, -0.2) is 46.3 Å². The van der Waals surface area contributed by atoms with Crippen molar-refractivity contribution in [1.29, 1.82) is 0 Å². The lowest BCUT2D eigenvalue weighted by atomic mass is 9.88. The van der Waals surface area contributed by atoms with Gasteiger partial charge in [-0.2, -0.15) is 0 Å². The van der Waals surface area contributed by atoms with Crippen LogP contribution in [0.25, 0.3) is 0 Å². The third-order valence-electron chi connectivity index (χ3n) is 7.29. The van der Waals surface area contributed by atoms with Gasteiger partial charge in [-0.15, -0.1) is 0 Å². The maximum Gasteiger partial charge on any atom is 0.325 e. The molecule has 1 atom stereocenters. The smallest absolute Gasteiger partial charge is 0.325 e. The van der Waals surface area contributed by atoms with Crippen LogP contribution in [0.3, 0.4) is 0 Å². The molecule has 3 aliphatic rings. The Balaban J connectivity index is 1.54. The molecule has 174 valence electrons. The second kappa shape index (κ2) is 9.60. The van der Waals surface area contributed by atoms with Crippen molar-refractivity contribution < 1.29 is 14.4 Å². The molecule has 0 unspecified atom stereocenters. The standard InChI is InChI=1S/C24H31Cl2N3O3/c1-24(16-12-13-19(25)20(26)14-16)22(31)28(23(32)27-24)15-21(30)29(17-8-4-2-5-9-17)18-10-6-3-7-11-18/h12-14,17-18H,2-11,15H2,1H3,(H,27,32)/t24-/m0/s1. The first-order valence-corrected chi connectivity index (χ1v) is 12.5. The summed E-state index contributed by atoms with van der Waals surface area (Å²) < 4.78 is 0. The molecule has 1 aliphatic heterocycles. The molecule has 1 aromatic carbocycles. The molecular formula is C24H31Cl2N3O3. The number of nitrogens with zero attached hydrogens (tertiary/aromatic N) is 2. The Morgan fingerprint density at radius 1 is 1.00 bits per heavy atom. The molecule has 4 rings (SSSR count). The number of benzene rings is 1. The lowest BCUT2D eigenvalue weighted by Crippen LogP contribution is -2.53. The van der Waals surface area contributed by atoms with Gasteiger partial charge in [-0.3, -0.25) is 14.5 Å². The van der Waals surface area contributed by atoms with Gasteiger partial charge in [-0.25, -0.2) is 4.79 Å². The van der Waals surface area contributed by atoms with E-state index in [1.807, 2.05) is 4.90 Å². The van der Waals surface area contributed by atoms with Crippen molar-refractivity contribution in [3.63, 3.8) is 0 Å². The second-order valence-electron chi connectivity index (χ2n) is 9.46. The van der Waals surface area contributed by atoms with Crippen molar-refractivity contribution in [2.24, 2.45) is 0 Å². The van der Waals surface area contributed by atoms with E-state index in [0.717, 1.165) is 56.3 Å². The molecule has 2 aliphatic carbocycles. The van der Waals surface area contributed by atoms with E-state index in [1.54, 1.807) is 25.1 Å². The van der Waals surface area contributed by atoms with Crippen LogP contribution in [0, 0.1) is 0 Å². The van der Waals surface area contributed by atoms with E-state index in [0.29, 0.717) is 15.6 Å². The van der Waals surface area contributed by atoms with Gasteiger partial charge in [0.05, 0.1) is 10.0 Å². The topological polar surface area (TPSA) is 69.7 Å². The van der Waals surface area contributed by atoms with Crippen molar-refractivity contribution in [2.75, 3.05) is 6.54 Å². The number of amides is 4. The highest BCUT2D eigenvalue weighted by atomic mass is 35.5. The maximum absolute atomic E-state index is 13.5. The van der Waals surface area contributed by atoms with Crippen LogP contribution in [0.2, 0.25) is 10.0 Å². The summed E-state index contributed by atoms with van der Waals surface area (Å²) in [5.74, 6) is -0.563. The predicted octanol–water partition coefficient (Wildman–Crippen LogP) is 5.25. The number of rotatable bonds is 5. The minimum Gasteiger partial charge on any atom is -0.335 e. The predicted molar refractivity (Wildman–Crippen MR) is 125 cm³/mol. The second-order valence-corrected chi connectivity index (χ2v) is 10.3. The summed E-state index contributed by atoms with van der Waals surface area (Å²) in [6.07, 6.45) is 10.9. The number of hydrogen-bond acceptors (Lipinski definition) is 3. The molecule has 8 heteroatoms. The van der Waals surface area contributed by atoms with E-state index in [2.05, 4.69) is 5.32 Å². The number of hydrogen-bond donors (Lipinski definition) is 1. The van der Waals surface area contributed by atoms with Crippen molar-refractivity contribution in [2.45, 2.75) is 88.8 Å². The zero-order valence-electron chi connectivity index (χ0n) is 18.5. The van der Waals surface area contributed by atoms with Crippen LogP contribution >= 0.6 is 23.2 Å². The van der Waals surface area contributed by atoms with Crippen LogP contribution in [-0.2, 0) is 15.1 Å². The van der Waals surface area contributed by atoms with E-state index in [4.69, 9.17) is 23.2 Å². The highest BCUT2D eigenvalue weighted by molar-refractivity contribution is 6.42. The Bertz CT molecular complexity index is 878. The average Bonchev–Trinajstić information content (AvgIpc) is 3.01. The van der Waals surface area contributed by atoms with E-state index in [-0.39, 0.29) is 24.5 Å². The van der Waals surface area contributed by atoms with Gasteiger partial charge < -0.3 is 10.2 Å². The molecule has 0 bridgehead atoms. The molecule has 0 radical (unpaired) electrons. The van der Waals surface area contributed by atoms with E-state index in [1.165, 1.54) is 12.8 Å². The summed E-state index contributed by atoms with van der Waals surface area (Å²) in [5, 5.41) is 3.44. The first-order valence-electron chi connectivity index (χ1n) is 11.7. The SMILES string of the molecule is C[C@@]1(c2ccc(Cl)c(Cl)c2)NC(=O)N(CC(=O)N(C2CCCCC2)C2CCCCC2)C1=O. The molecule has 1 aromatic rings. The summed E-state index contributed by atoms with van der Waals surface area (Å²) in [6, 6.07) is 4.73. The number of imide groups is 1. The average molecular weight is 480 g/mol. The lowest BCUT2D eigenvalue weighted by Gasteiger charge is -2.42. The Kier molecular flexibility index (Phi) is 7.01. The van der Waals surface area contributed by atoms with Gasteiger partial charge in [0, 0.05) is 12.1 Å². The molecule has 0 aromatic heterocycles. The van der Waals surface area contributed by atoms with Gasteiger partial charge in [0.25, 0.3) is 5.91 Å². The van der Waals surface area contributed by atoms with Crippen LogP contribution in [0.15, 0.2) is 18.2 Å². The molecule has 32 heavy (non-hydrogen) atoms. The van der Waals surface area contributed by atoms with Gasteiger partial charge in [0.2, 0.25) is 5.91 Å². The first-order chi connectivity index (χ1) is 15.3. The molecule has 3 fully saturated rings. The summed E-state index contributed by atoms with van der Waals surface area (Å²) in [6.45, 7) is 1.41. The fourth-order valence-electron chi connectivity index (χ4n) is 5.48. The third kappa shape index (κ3) is 4.49. The van der Waals surface area contributed by atoms with E-state index in [9.17, 15) is 14.4 Å². The lowest BCUT2D eigenvalue weighted by molar-refractivity contribution is -0.143. The van der Waals surface area contributed by atoms with Crippen LogP contribution in [0.4, 0.5) is 4.79 Å². The number of urea groups is 1. The normalized spacial score (nSPS) is 25.2. The van der Waals surface area contributed by atoms with Crippen molar-refractivity contribution in [3.05, 3.63) is 33.8 Å². The molecular weight excluding hydrogens is 449 g/mol. The quantitative estimate of drug-likeness (QED) is 0.585. The van der Waals surface area contributed by atoms with Crippen LogP contribution in [0.1, 0.15) is 76.7 Å². The van der Waals surface area contributed by atoms with E-state index < -0.39 is 17.5 Å². The Morgan fingerprint density at radius 3 is 2.09 bits per heavy atom. The van der Waals surface area contributed by atoms with Crippen molar-refractivity contribution in [1.82, 2.24) is 15.1 Å². The minimum absolute atomic E-state index is 0.120. The van der Waals surface area contributed by atoms with Gasteiger partial charge in [-0.1, -0.05) is 67.8 Å². The highest BCUT2D eigenvalue weighted by Crippen LogP contribution is 2.34. The molecule has 6 nitrogen and oxygen atoms in total. The van der Waals surface area contributed by atoms with Crippen molar-refractivity contribution in [3.8, 4) is 0 Å². The van der Waals surface area contributed by atoms with Gasteiger partial charge >= 0.3 is 6.03 Å². The summed E-state index contributed by atoms with van der Waals surface area (Å²) in [7, 11) is 0. The highest BCUT2D eigenvalue weighted by Gasteiger charge is 2.50. The zero-order chi connectivity index (χ0) is 22.9. The number of nitrogens with one attached hydrogen (secondary N) is 1. The van der Waals surface area contributed by atoms with Crippen molar-refractivity contribution >= 4 is 41.0 Å². The van der Waals surface area contributed by atoms with Crippen LogP contribution in [0.5, 0.6) is 0 Å². The maximum atomic E-state index is 13.5. The van der Waals surface area contributed by atoms with Gasteiger partial charge in [0.15, 0.2) is 0 Å². The fourth-order valence-corrected chi connectivity index (χ4v) is 5.78. The zero-order valence-corrected chi connectivity index (χ0v) is 20.1. The molecule has 1 saturated heterocycles. The molecule has 0 spiro atoms. The monoisotopic (exact) mass is 479 g/mol. The molecule has 2 saturated carbocycles. The molecule has 1 heterocycles. The Labute approximate surface area is 199 Å². The van der Waals surface area contributed by atoms with Gasteiger partial charge in [0.1, 0.15) is 12.1 Å².